The van der Waals surface area contributed by atoms with E-state index in [4.69, 9.17) is 11.6 Å². The van der Waals surface area contributed by atoms with Crippen LogP contribution in [0.5, 0.6) is 0 Å². The van der Waals surface area contributed by atoms with E-state index in [2.05, 4.69) is 6.92 Å². The van der Waals surface area contributed by atoms with Gasteiger partial charge in [0.2, 0.25) is 0 Å². The van der Waals surface area contributed by atoms with Crippen LogP contribution < -0.4 is 0 Å². The van der Waals surface area contributed by atoms with Crippen molar-refractivity contribution in [2.75, 3.05) is 6.61 Å². The van der Waals surface area contributed by atoms with E-state index in [1.807, 2.05) is 24.3 Å². The molecule has 2 aromatic carbocycles. The maximum atomic E-state index is 12.8. The second-order valence-corrected chi connectivity index (χ2v) is 8.47. The number of hydrogen-bond acceptors (Lipinski definition) is 3. The third kappa shape index (κ3) is 3.03. The number of rotatable bonds is 5. The number of halogens is 1. The van der Waals surface area contributed by atoms with E-state index >= 15 is 0 Å². The molecule has 0 spiro atoms. The number of benzene rings is 2. The van der Waals surface area contributed by atoms with Crippen molar-refractivity contribution in [1.29, 1.82) is 0 Å². The summed E-state index contributed by atoms with van der Waals surface area (Å²) >= 11 is 5.83. The van der Waals surface area contributed by atoms with Crippen LogP contribution in [0.4, 0.5) is 0 Å². The summed E-state index contributed by atoms with van der Waals surface area (Å²) in [5, 5.41) is 9.51. The Morgan fingerprint density at radius 3 is 2.17 bits per heavy atom. The van der Waals surface area contributed by atoms with E-state index in [9.17, 15) is 13.5 Å². The maximum Gasteiger partial charge on any atom is 0.182 e. The lowest BCUT2D eigenvalue weighted by Crippen LogP contribution is -2.11. The Bertz CT molecular complexity index is 782. The van der Waals surface area contributed by atoms with Crippen LogP contribution in [0.25, 0.3) is 0 Å². The van der Waals surface area contributed by atoms with Crippen LogP contribution >= 0.6 is 11.6 Å². The minimum absolute atomic E-state index is 0.127. The minimum atomic E-state index is -3.48. The van der Waals surface area contributed by atoms with Crippen LogP contribution in [0.1, 0.15) is 24.0 Å². The average molecular weight is 351 g/mol. The summed E-state index contributed by atoms with van der Waals surface area (Å²) < 4.78 is 25.7. The molecule has 3 nitrogen and oxygen atoms in total. The van der Waals surface area contributed by atoms with Gasteiger partial charge >= 0.3 is 0 Å². The van der Waals surface area contributed by atoms with Crippen LogP contribution in [0.2, 0.25) is 5.02 Å². The molecular weight excluding hydrogens is 332 g/mol. The Morgan fingerprint density at radius 2 is 1.65 bits per heavy atom. The van der Waals surface area contributed by atoms with Gasteiger partial charge in [-0.25, -0.2) is 8.42 Å². The van der Waals surface area contributed by atoms with Gasteiger partial charge in [0, 0.05) is 23.5 Å². The van der Waals surface area contributed by atoms with Gasteiger partial charge in [0.05, 0.1) is 10.1 Å². The summed E-state index contributed by atoms with van der Waals surface area (Å²) in [6.07, 6.45) is 0.945. The van der Waals surface area contributed by atoms with Crippen LogP contribution in [0, 0.1) is 5.92 Å². The lowest BCUT2D eigenvalue weighted by molar-refractivity contribution is 0.274. The van der Waals surface area contributed by atoms with E-state index in [-0.39, 0.29) is 23.3 Å². The number of aliphatic hydroxyl groups is 1. The Labute approximate surface area is 141 Å². The Morgan fingerprint density at radius 1 is 1.04 bits per heavy atom. The summed E-state index contributed by atoms with van der Waals surface area (Å²) in [5.41, 5.74) is 2.19. The van der Waals surface area contributed by atoms with Gasteiger partial charge in [0.25, 0.3) is 0 Å². The van der Waals surface area contributed by atoms with Gasteiger partial charge in [-0.2, -0.15) is 0 Å². The molecule has 0 radical (unpaired) electrons. The van der Waals surface area contributed by atoms with Gasteiger partial charge < -0.3 is 5.11 Å². The zero-order valence-electron chi connectivity index (χ0n) is 12.8. The van der Waals surface area contributed by atoms with Crippen molar-refractivity contribution in [2.24, 2.45) is 5.92 Å². The third-order valence-corrected chi connectivity index (χ3v) is 7.12. The predicted octanol–water partition coefficient (Wildman–Crippen LogP) is 3.45. The third-order valence-electron chi connectivity index (χ3n) is 4.58. The van der Waals surface area contributed by atoms with E-state index in [0.29, 0.717) is 5.02 Å². The average Bonchev–Trinajstić information content (AvgIpc) is 3.31. The standard InChI is InChI=1S/C18H19ClO3S/c1-2-12-3-5-13(6-4-12)17-16(11-20)18(17)23(21,22)15-9-7-14(19)8-10-15/h3-10,16-18,20H,2,11H2,1H3/t16-,17-,18+/m1/s1. The first-order valence-electron chi connectivity index (χ1n) is 7.68. The van der Waals surface area contributed by atoms with Crippen LogP contribution in [0.3, 0.4) is 0 Å². The molecule has 1 saturated carbocycles. The van der Waals surface area contributed by atoms with Gasteiger partial charge in [-0.15, -0.1) is 0 Å². The van der Waals surface area contributed by atoms with Crippen LogP contribution in [-0.2, 0) is 16.3 Å². The maximum absolute atomic E-state index is 12.8. The number of aliphatic hydroxyl groups excluding tert-OH is 1. The quantitative estimate of drug-likeness (QED) is 0.898. The molecule has 0 aliphatic heterocycles. The topological polar surface area (TPSA) is 54.4 Å². The summed E-state index contributed by atoms with van der Waals surface area (Å²) in [6, 6.07) is 14.2. The summed E-state index contributed by atoms with van der Waals surface area (Å²) in [6.45, 7) is 1.95. The molecule has 1 aliphatic carbocycles. The van der Waals surface area contributed by atoms with Crippen LogP contribution in [-0.4, -0.2) is 25.4 Å². The summed E-state index contributed by atoms with van der Waals surface area (Å²) in [5.74, 6) is -0.394. The van der Waals surface area contributed by atoms with Gasteiger partial charge in [0.1, 0.15) is 0 Å². The molecule has 2 aromatic rings. The molecule has 5 heteroatoms. The van der Waals surface area contributed by atoms with E-state index in [0.717, 1.165) is 12.0 Å². The molecule has 0 aromatic heterocycles. The summed E-state index contributed by atoms with van der Waals surface area (Å²) in [4.78, 5) is 0.262. The van der Waals surface area contributed by atoms with Gasteiger partial charge in [-0.3, -0.25) is 0 Å². The molecule has 23 heavy (non-hydrogen) atoms. The monoisotopic (exact) mass is 350 g/mol. The van der Waals surface area contributed by atoms with Crippen molar-refractivity contribution in [2.45, 2.75) is 29.4 Å². The first kappa shape index (κ1) is 16.5. The highest BCUT2D eigenvalue weighted by Gasteiger charge is 2.58. The minimum Gasteiger partial charge on any atom is -0.396 e. The lowest BCUT2D eigenvalue weighted by atomic mass is 10.1. The van der Waals surface area contributed by atoms with E-state index in [1.165, 1.54) is 17.7 Å². The predicted molar refractivity (Wildman–Crippen MR) is 91.6 cm³/mol. The second kappa shape index (κ2) is 6.27. The fourth-order valence-corrected chi connectivity index (χ4v) is 5.50. The lowest BCUT2D eigenvalue weighted by Gasteiger charge is -2.05. The Balaban J connectivity index is 1.90. The van der Waals surface area contributed by atoms with Crippen molar-refractivity contribution in [3.05, 3.63) is 64.7 Å². The normalized spacial score (nSPS) is 23.7. The first-order chi connectivity index (χ1) is 11.0. The van der Waals surface area contributed by atoms with Crippen molar-refractivity contribution in [1.82, 2.24) is 0 Å². The molecule has 0 bridgehead atoms. The van der Waals surface area contributed by atoms with Crippen molar-refractivity contribution < 1.29 is 13.5 Å². The van der Waals surface area contributed by atoms with Gasteiger partial charge in [-0.1, -0.05) is 42.8 Å². The number of hydrogen-bond donors (Lipinski definition) is 1. The molecule has 0 amide bonds. The molecule has 1 fully saturated rings. The fraction of sp³-hybridized carbons (Fsp3) is 0.333. The molecule has 1 aliphatic rings. The molecule has 1 N–H and O–H groups in total. The molecule has 0 heterocycles. The van der Waals surface area contributed by atoms with E-state index in [1.54, 1.807) is 12.1 Å². The van der Waals surface area contributed by atoms with Crippen molar-refractivity contribution >= 4 is 21.4 Å². The molecule has 122 valence electrons. The van der Waals surface area contributed by atoms with Crippen molar-refractivity contribution in [3.8, 4) is 0 Å². The smallest absolute Gasteiger partial charge is 0.182 e. The second-order valence-electron chi connectivity index (χ2n) is 5.93. The van der Waals surface area contributed by atoms with Crippen molar-refractivity contribution in [3.63, 3.8) is 0 Å². The highest BCUT2D eigenvalue weighted by Crippen LogP contribution is 2.53. The Hall–Kier alpha value is -1.36. The Kier molecular flexibility index (Phi) is 4.50. The molecule has 3 rings (SSSR count). The molecular formula is C18H19ClO3S. The number of sulfone groups is 1. The number of aryl methyl sites for hydroxylation is 1. The van der Waals surface area contributed by atoms with E-state index < -0.39 is 15.1 Å². The molecule has 0 saturated heterocycles. The summed E-state index contributed by atoms with van der Waals surface area (Å²) in [7, 11) is -3.48. The largest absolute Gasteiger partial charge is 0.396 e. The zero-order chi connectivity index (χ0) is 16.6. The zero-order valence-corrected chi connectivity index (χ0v) is 14.4. The fourth-order valence-electron chi connectivity index (χ4n) is 3.18. The highest BCUT2D eigenvalue weighted by molar-refractivity contribution is 7.92. The SMILES string of the molecule is CCc1ccc([C@@H]2[C@@H](CO)[C@@H]2S(=O)(=O)c2ccc(Cl)cc2)cc1. The highest BCUT2D eigenvalue weighted by atomic mass is 35.5. The van der Waals surface area contributed by atoms with Gasteiger partial charge in [0.15, 0.2) is 9.84 Å². The molecule has 0 unspecified atom stereocenters. The molecule has 3 atom stereocenters. The van der Waals surface area contributed by atoms with Gasteiger partial charge in [-0.05, 0) is 41.8 Å². The van der Waals surface area contributed by atoms with Crippen LogP contribution in [0.15, 0.2) is 53.4 Å². The first-order valence-corrected chi connectivity index (χ1v) is 9.60.